The Hall–Kier alpha value is -2.24. The Morgan fingerprint density at radius 2 is 1.96 bits per heavy atom. The molecule has 0 aliphatic heterocycles. The van der Waals surface area contributed by atoms with Crippen LogP contribution < -0.4 is 10.9 Å². The van der Waals surface area contributed by atoms with Crippen molar-refractivity contribution < 1.29 is 4.79 Å². The Kier molecular flexibility index (Phi) is 4.92. The number of aryl methyl sites for hydroxylation is 1. The molecule has 0 aliphatic rings. The Morgan fingerprint density at radius 3 is 2.75 bits per heavy atom. The molecule has 0 saturated carbocycles. The van der Waals surface area contributed by atoms with Crippen LogP contribution in [-0.2, 0) is 11.8 Å². The van der Waals surface area contributed by atoms with Crippen molar-refractivity contribution in [2.45, 2.75) is 4.90 Å². The zero-order valence-electron chi connectivity index (χ0n) is 13.0. The first kappa shape index (κ1) is 16.6. The van der Waals surface area contributed by atoms with E-state index in [1.807, 2.05) is 24.3 Å². The first-order valence-electron chi connectivity index (χ1n) is 7.31. The molecule has 0 aliphatic carbocycles. The van der Waals surface area contributed by atoms with Gasteiger partial charge >= 0.3 is 0 Å². The fourth-order valence-corrected chi connectivity index (χ4v) is 3.47. The van der Waals surface area contributed by atoms with Gasteiger partial charge in [0.2, 0.25) is 5.91 Å². The maximum atomic E-state index is 12.1. The molecule has 24 heavy (non-hydrogen) atoms. The Balaban J connectivity index is 1.77. The SMILES string of the molecule is Cn1c(=O)cc(SCC(=O)Nc2cccc(Cl)c2)c2ccccc21. The number of rotatable bonds is 4. The molecule has 0 fully saturated rings. The first-order chi connectivity index (χ1) is 11.5. The van der Waals surface area contributed by atoms with Crippen LogP contribution in [0.2, 0.25) is 5.02 Å². The summed E-state index contributed by atoms with van der Waals surface area (Å²) in [7, 11) is 1.74. The highest BCUT2D eigenvalue weighted by atomic mass is 35.5. The number of carbonyl (C=O) groups excluding carboxylic acids is 1. The molecule has 0 radical (unpaired) electrons. The van der Waals surface area contributed by atoms with Gasteiger partial charge in [0.15, 0.2) is 0 Å². The van der Waals surface area contributed by atoms with Crippen LogP contribution in [0.1, 0.15) is 0 Å². The van der Waals surface area contributed by atoms with Gasteiger partial charge in [-0.2, -0.15) is 0 Å². The Labute approximate surface area is 148 Å². The lowest BCUT2D eigenvalue weighted by Crippen LogP contribution is -2.17. The van der Waals surface area contributed by atoms with Gasteiger partial charge in [-0.05, 0) is 24.3 Å². The van der Waals surface area contributed by atoms with Crippen LogP contribution in [-0.4, -0.2) is 16.2 Å². The van der Waals surface area contributed by atoms with E-state index < -0.39 is 0 Å². The molecule has 3 aromatic rings. The number of halogens is 1. The van der Waals surface area contributed by atoms with Crippen molar-refractivity contribution in [3.8, 4) is 0 Å². The minimum absolute atomic E-state index is 0.0913. The third-order valence-corrected chi connectivity index (χ3v) is 4.87. The highest BCUT2D eigenvalue weighted by Gasteiger charge is 2.09. The van der Waals surface area contributed by atoms with Crippen molar-refractivity contribution in [2.24, 2.45) is 7.05 Å². The molecular formula is C18H15ClN2O2S. The van der Waals surface area contributed by atoms with E-state index >= 15 is 0 Å². The first-order valence-corrected chi connectivity index (χ1v) is 8.68. The van der Waals surface area contributed by atoms with Crippen LogP contribution in [0, 0.1) is 0 Å². The zero-order chi connectivity index (χ0) is 17.1. The molecule has 1 aromatic heterocycles. The molecule has 4 nitrogen and oxygen atoms in total. The third-order valence-electron chi connectivity index (χ3n) is 3.58. The van der Waals surface area contributed by atoms with E-state index in [0.29, 0.717) is 10.7 Å². The summed E-state index contributed by atoms with van der Waals surface area (Å²) in [4.78, 5) is 25.0. The number of anilines is 1. The number of para-hydroxylation sites is 1. The average Bonchev–Trinajstić information content (AvgIpc) is 2.57. The minimum atomic E-state index is -0.146. The summed E-state index contributed by atoms with van der Waals surface area (Å²) in [6, 6.07) is 16.2. The molecule has 0 atom stereocenters. The number of hydrogen-bond donors (Lipinski definition) is 1. The van der Waals surface area contributed by atoms with E-state index in [9.17, 15) is 9.59 Å². The van der Waals surface area contributed by atoms with Crippen LogP contribution >= 0.6 is 23.4 Å². The van der Waals surface area contributed by atoms with E-state index in [-0.39, 0.29) is 17.2 Å². The van der Waals surface area contributed by atoms with Gasteiger partial charge in [-0.25, -0.2) is 0 Å². The number of nitrogens with zero attached hydrogens (tertiary/aromatic N) is 1. The fourth-order valence-electron chi connectivity index (χ4n) is 2.41. The molecule has 3 rings (SSSR count). The summed E-state index contributed by atoms with van der Waals surface area (Å²) < 4.78 is 1.60. The maximum absolute atomic E-state index is 12.1. The van der Waals surface area contributed by atoms with E-state index in [2.05, 4.69) is 5.32 Å². The third kappa shape index (κ3) is 3.63. The second-order valence-corrected chi connectivity index (χ2v) is 6.72. The quantitative estimate of drug-likeness (QED) is 0.719. The van der Waals surface area contributed by atoms with Gasteiger partial charge in [0.05, 0.1) is 11.3 Å². The van der Waals surface area contributed by atoms with Gasteiger partial charge in [0.25, 0.3) is 5.56 Å². The van der Waals surface area contributed by atoms with E-state index in [1.165, 1.54) is 11.8 Å². The van der Waals surface area contributed by atoms with E-state index in [1.54, 1.807) is 41.9 Å². The molecule has 0 bridgehead atoms. The smallest absolute Gasteiger partial charge is 0.251 e. The minimum Gasteiger partial charge on any atom is -0.325 e. The van der Waals surface area contributed by atoms with Crippen LogP contribution in [0.25, 0.3) is 10.9 Å². The molecule has 1 amide bonds. The number of thioether (sulfide) groups is 1. The normalized spacial score (nSPS) is 10.8. The number of carbonyl (C=O) groups is 1. The summed E-state index contributed by atoms with van der Waals surface area (Å²) in [5, 5.41) is 4.33. The molecular weight excluding hydrogens is 344 g/mol. The van der Waals surface area contributed by atoms with Gasteiger partial charge in [0.1, 0.15) is 0 Å². The number of benzene rings is 2. The largest absolute Gasteiger partial charge is 0.325 e. The number of nitrogens with one attached hydrogen (secondary N) is 1. The number of fused-ring (bicyclic) bond motifs is 1. The predicted molar refractivity (Wildman–Crippen MR) is 100.0 cm³/mol. The number of hydrogen-bond acceptors (Lipinski definition) is 3. The molecule has 2 aromatic carbocycles. The van der Waals surface area contributed by atoms with E-state index in [4.69, 9.17) is 11.6 Å². The Morgan fingerprint density at radius 1 is 1.17 bits per heavy atom. The molecule has 6 heteroatoms. The highest BCUT2D eigenvalue weighted by molar-refractivity contribution is 8.00. The molecule has 0 saturated heterocycles. The van der Waals surface area contributed by atoms with Crippen LogP contribution in [0.3, 0.4) is 0 Å². The van der Waals surface area contributed by atoms with Crippen LogP contribution in [0.4, 0.5) is 5.69 Å². The molecule has 1 N–H and O–H groups in total. The highest BCUT2D eigenvalue weighted by Crippen LogP contribution is 2.26. The number of pyridine rings is 1. The average molecular weight is 359 g/mol. The second kappa shape index (κ2) is 7.11. The van der Waals surface area contributed by atoms with Crippen molar-refractivity contribution in [3.05, 3.63) is 70.0 Å². The van der Waals surface area contributed by atoms with Gasteiger partial charge < -0.3 is 9.88 Å². The summed E-state index contributed by atoms with van der Waals surface area (Å²) in [5.41, 5.74) is 1.41. The summed E-state index contributed by atoms with van der Waals surface area (Å²) in [6.07, 6.45) is 0. The van der Waals surface area contributed by atoms with Gasteiger partial charge in [-0.15, -0.1) is 11.8 Å². The number of aromatic nitrogens is 1. The summed E-state index contributed by atoms with van der Waals surface area (Å²) >= 11 is 7.25. The van der Waals surface area contributed by atoms with Crippen molar-refractivity contribution in [1.82, 2.24) is 4.57 Å². The van der Waals surface area contributed by atoms with Gasteiger partial charge in [-0.3, -0.25) is 9.59 Å². The van der Waals surface area contributed by atoms with Crippen LogP contribution in [0.5, 0.6) is 0 Å². The van der Waals surface area contributed by atoms with Crippen molar-refractivity contribution in [2.75, 3.05) is 11.1 Å². The molecule has 0 spiro atoms. The van der Waals surface area contributed by atoms with Crippen molar-refractivity contribution >= 4 is 45.9 Å². The fraction of sp³-hybridized carbons (Fsp3) is 0.111. The molecule has 122 valence electrons. The molecule has 1 heterocycles. The predicted octanol–water partition coefficient (Wildman–Crippen LogP) is 3.92. The standard InChI is InChI=1S/C18H15ClN2O2S/c1-21-15-8-3-2-7-14(15)16(10-18(21)23)24-11-17(22)20-13-6-4-5-12(19)9-13/h2-10H,11H2,1H3,(H,20,22). The maximum Gasteiger partial charge on any atom is 0.251 e. The summed E-state index contributed by atoms with van der Waals surface area (Å²) in [5.74, 6) is 0.0657. The van der Waals surface area contributed by atoms with E-state index in [0.717, 1.165) is 15.8 Å². The molecule has 0 unspecified atom stereocenters. The summed E-state index contributed by atoms with van der Waals surface area (Å²) in [6.45, 7) is 0. The monoisotopic (exact) mass is 358 g/mol. The number of amides is 1. The van der Waals surface area contributed by atoms with Crippen molar-refractivity contribution in [3.63, 3.8) is 0 Å². The lowest BCUT2D eigenvalue weighted by atomic mass is 10.2. The van der Waals surface area contributed by atoms with Crippen molar-refractivity contribution in [1.29, 1.82) is 0 Å². The lowest BCUT2D eigenvalue weighted by molar-refractivity contribution is -0.113. The zero-order valence-corrected chi connectivity index (χ0v) is 14.5. The van der Waals surface area contributed by atoms with Crippen LogP contribution in [0.15, 0.2) is 64.3 Å². The topological polar surface area (TPSA) is 51.1 Å². The van der Waals surface area contributed by atoms with Gasteiger partial charge in [0, 0.05) is 34.1 Å². The second-order valence-electron chi connectivity index (χ2n) is 5.27. The Bertz CT molecular complexity index is 969. The van der Waals surface area contributed by atoms with Gasteiger partial charge in [-0.1, -0.05) is 35.9 Å². The lowest BCUT2D eigenvalue weighted by Gasteiger charge is -2.10.